The summed E-state index contributed by atoms with van der Waals surface area (Å²) in [4.78, 5) is 42.4. The van der Waals surface area contributed by atoms with Crippen molar-refractivity contribution < 1.29 is 23.9 Å². The first-order valence-corrected chi connectivity index (χ1v) is 12.9. The van der Waals surface area contributed by atoms with Crippen molar-refractivity contribution in [3.8, 4) is 5.75 Å². The average molecular weight is 521 g/mol. The summed E-state index contributed by atoms with van der Waals surface area (Å²) in [6.45, 7) is 6.47. The zero-order valence-corrected chi connectivity index (χ0v) is 22.3. The van der Waals surface area contributed by atoms with Gasteiger partial charge in [-0.25, -0.2) is 4.79 Å². The van der Waals surface area contributed by atoms with Crippen molar-refractivity contribution in [3.63, 3.8) is 0 Å². The summed E-state index contributed by atoms with van der Waals surface area (Å²) in [6.07, 6.45) is -0.0177. The number of fused-ring (bicyclic) bond motifs is 1. The quantitative estimate of drug-likeness (QED) is 0.519. The first-order valence-electron chi connectivity index (χ1n) is 12.9. The topological polar surface area (TPSA) is 100 Å². The fourth-order valence-corrected chi connectivity index (χ4v) is 4.83. The SMILES string of the molecule is CC(C)=C(NC(=O)[C@H](C)N(C)C(=O)OCc1ccccc1)C(=O)N1CC[C@H]2NC[C@H](Oc3ccccc3)[C@H]21. The number of nitrogens with one attached hydrogen (secondary N) is 2. The van der Waals surface area contributed by atoms with Crippen molar-refractivity contribution in [1.82, 2.24) is 20.4 Å². The van der Waals surface area contributed by atoms with E-state index in [9.17, 15) is 14.4 Å². The van der Waals surface area contributed by atoms with Gasteiger partial charge in [0, 0.05) is 26.2 Å². The van der Waals surface area contributed by atoms with Gasteiger partial charge in [0.25, 0.3) is 5.91 Å². The van der Waals surface area contributed by atoms with Gasteiger partial charge in [-0.3, -0.25) is 14.5 Å². The Kier molecular flexibility index (Phi) is 8.68. The molecule has 2 aliphatic heterocycles. The summed E-state index contributed by atoms with van der Waals surface area (Å²) >= 11 is 0. The van der Waals surface area contributed by atoms with E-state index in [0.29, 0.717) is 18.7 Å². The number of benzene rings is 2. The summed E-state index contributed by atoms with van der Waals surface area (Å²) < 4.78 is 11.6. The Morgan fingerprint density at radius 2 is 1.74 bits per heavy atom. The van der Waals surface area contributed by atoms with Gasteiger partial charge in [-0.15, -0.1) is 0 Å². The minimum absolute atomic E-state index is 0.105. The lowest BCUT2D eigenvalue weighted by Gasteiger charge is -2.31. The maximum Gasteiger partial charge on any atom is 0.410 e. The van der Waals surface area contributed by atoms with Gasteiger partial charge in [-0.2, -0.15) is 0 Å². The molecule has 0 unspecified atom stereocenters. The van der Waals surface area contributed by atoms with Crippen LogP contribution in [0.1, 0.15) is 32.8 Å². The lowest BCUT2D eigenvalue weighted by molar-refractivity contribution is -0.132. The molecular formula is C29H36N4O5. The van der Waals surface area contributed by atoms with E-state index in [2.05, 4.69) is 10.6 Å². The highest BCUT2D eigenvalue weighted by Gasteiger charge is 2.48. The molecule has 9 nitrogen and oxygen atoms in total. The highest BCUT2D eigenvalue weighted by atomic mass is 16.6. The number of allylic oxidation sites excluding steroid dienone is 1. The zero-order valence-electron chi connectivity index (χ0n) is 22.3. The third-order valence-electron chi connectivity index (χ3n) is 7.12. The van der Waals surface area contributed by atoms with Crippen LogP contribution in [0.25, 0.3) is 0 Å². The Balaban J connectivity index is 1.39. The number of hydrogen-bond acceptors (Lipinski definition) is 6. The second-order valence-corrected chi connectivity index (χ2v) is 9.95. The van der Waals surface area contributed by atoms with E-state index in [0.717, 1.165) is 17.7 Å². The first-order chi connectivity index (χ1) is 18.3. The average Bonchev–Trinajstić information content (AvgIpc) is 3.53. The minimum Gasteiger partial charge on any atom is -0.487 e. The molecule has 2 heterocycles. The number of carbonyl (C=O) groups is 3. The van der Waals surface area contributed by atoms with Crippen LogP contribution in [0, 0.1) is 0 Å². The monoisotopic (exact) mass is 520 g/mol. The van der Waals surface area contributed by atoms with Crippen LogP contribution in [0.2, 0.25) is 0 Å². The second kappa shape index (κ2) is 12.1. The summed E-state index contributed by atoms with van der Waals surface area (Å²) in [5, 5.41) is 6.26. The third-order valence-corrected chi connectivity index (χ3v) is 7.12. The summed E-state index contributed by atoms with van der Waals surface area (Å²) in [5.74, 6) is 0.0369. The van der Waals surface area contributed by atoms with Crippen LogP contribution in [0.15, 0.2) is 71.9 Å². The van der Waals surface area contributed by atoms with E-state index in [1.165, 1.54) is 11.9 Å². The number of nitrogens with zero attached hydrogens (tertiary/aromatic N) is 2. The third kappa shape index (κ3) is 6.16. The maximum atomic E-state index is 13.7. The molecule has 2 aromatic rings. The van der Waals surface area contributed by atoms with Crippen LogP contribution in [0.5, 0.6) is 5.75 Å². The van der Waals surface area contributed by atoms with E-state index in [4.69, 9.17) is 9.47 Å². The molecule has 202 valence electrons. The normalized spacial score (nSPS) is 20.7. The van der Waals surface area contributed by atoms with E-state index in [1.54, 1.807) is 25.7 Å². The van der Waals surface area contributed by atoms with E-state index < -0.39 is 18.0 Å². The molecule has 4 atom stereocenters. The number of ether oxygens (including phenoxy) is 2. The van der Waals surface area contributed by atoms with Crippen LogP contribution in [0.4, 0.5) is 4.79 Å². The number of carbonyl (C=O) groups excluding carboxylic acids is 3. The molecule has 38 heavy (non-hydrogen) atoms. The van der Waals surface area contributed by atoms with Crippen LogP contribution >= 0.6 is 0 Å². The summed E-state index contributed by atoms with van der Waals surface area (Å²) in [5.41, 5.74) is 1.75. The van der Waals surface area contributed by atoms with Gasteiger partial charge < -0.3 is 25.0 Å². The first kappa shape index (κ1) is 27.2. The number of likely N-dealkylation sites (N-methyl/N-ethyl adjacent to an activating group) is 1. The van der Waals surface area contributed by atoms with Gasteiger partial charge in [-0.05, 0) is 50.5 Å². The molecule has 2 aliphatic rings. The largest absolute Gasteiger partial charge is 0.487 e. The van der Waals surface area contributed by atoms with Gasteiger partial charge in [0.1, 0.15) is 30.2 Å². The lowest BCUT2D eigenvalue weighted by atomic mass is 10.1. The number of para-hydroxylation sites is 1. The molecular weight excluding hydrogens is 484 g/mol. The Hall–Kier alpha value is -3.85. The lowest BCUT2D eigenvalue weighted by Crippen LogP contribution is -2.51. The zero-order chi connectivity index (χ0) is 27.2. The number of likely N-dealkylation sites (tertiary alicyclic amines) is 1. The van der Waals surface area contributed by atoms with Gasteiger partial charge in [0.2, 0.25) is 5.91 Å². The van der Waals surface area contributed by atoms with Crippen LogP contribution in [-0.2, 0) is 20.9 Å². The Morgan fingerprint density at radius 3 is 2.39 bits per heavy atom. The highest BCUT2D eigenvalue weighted by Crippen LogP contribution is 2.30. The molecule has 0 bridgehead atoms. The predicted molar refractivity (Wildman–Crippen MR) is 143 cm³/mol. The van der Waals surface area contributed by atoms with Gasteiger partial charge in [0.05, 0.1) is 6.04 Å². The number of rotatable bonds is 8. The smallest absolute Gasteiger partial charge is 0.410 e. The van der Waals surface area contributed by atoms with Gasteiger partial charge in [0.15, 0.2) is 0 Å². The number of amides is 3. The van der Waals surface area contributed by atoms with Gasteiger partial charge in [-0.1, -0.05) is 48.5 Å². The minimum atomic E-state index is -0.853. The van der Waals surface area contributed by atoms with E-state index in [1.807, 2.05) is 60.7 Å². The predicted octanol–water partition coefficient (Wildman–Crippen LogP) is 3.07. The molecule has 0 aliphatic carbocycles. The van der Waals surface area contributed by atoms with Crippen molar-refractivity contribution in [2.45, 2.75) is 58.0 Å². The molecule has 3 amide bonds. The van der Waals surface area contributed by atoms with Gasteiger partial charge >= 0.3 is 6.09 Å². The molecule has 4 rings (SSSR count). The molecule has 2 fully saturated rings. The molecule has 2 N–H and O–H groups in total. The fourth-order valence-electron chi connectivity index (χ4n) is 4.83. The van der Waals surface area contributed by atoms with Crippen LogP contribution in [-0.4, -0.2) is 72.1 Å². The van der Waals surface area contributed by atoms with E-state index in [-0.39, 0.29) is 36.4 Å². The van der Waals surface area contributed by atoms with Crippen molar-refractivity contribution in [2.24, 2.45) is 0 Å². The van der Waals surface area contributed by atoms with Crippen molar-refractivity contribution >= 4 is 17.9 Å². The molecule has 0 aromatic heterocycles. The molecule has 2 saturated heterocycles. The second-order valence-electron chi connectivity index (χ2n) is 9.95. The molecule has 2 aromatic carbocycles. The Morgan fingerprint density at radius 1 is 1.08 bits per heavy atom. The summed E-state index contributed by atoms with van der Waals surface area (Å²) in [6, 6.07) is 18.0. The van der Waals surface area contributed by atoms with Crippen molar-refractivity contribution in [1.29, 1.82) is 0 Å². The molecule has 0 saturated carbocycles. The van der Waals surface area contributed by atoms with Crippen LogP contribution < -0.4 is 15.4 Å². The van der Waals surface area contributed by atoms with Crippen LogP contribution in [0.3, 0.4) is 0 Å². The van der Waals surface area contributed by atoms with Crippen molar-refractivity contribution in [2.75, 3.05) is 20.1 Å². The Labute approximate surface area is 223 Å². The Bertz CT molecular complexity index is 1170. The summed E-state index contributed by atoms with van der Waals surface area (Å²) in [7, 11) is 1.50. The number of hydrogen-bond donors (Lipinski definition) is 2. The molecule has 9 heteroatoms. The highest BCUT2D eigenvalue weighted by molar-refractivity contribution is 5.99. The van der Waals surface area contributed by atoms with E-state index >= 15 is 0 Å². The standard InChI is InChI=1S/C29H36N4O5/c1-19(2)25(31-27(34)20(3)32(4)29(36)37-18-21-11-7-5-8-12-21)28(35)33-16-15-23-26(33)24(17-30-23)38-22-13-9-6-10-14-22/h5-14,20,23-24,26,30H,15-18H2,1-4H3,(H,31,34)/t20-,23+,24-,26-/m0/s1. The molecule has 0 radical (unpaired) electrons. The molecule has 0 spiro atoms. The van der Waals surface area contributed by atoms with Crippen molar-refractivity contribution in [3.05, 3.63) is 77.5 Å². The fraction of sp³-hybridized carbons (Fsp3) is 0.414. The maximum absolute atomic E-state index is 13.7.